The van der Waals surface area contributed by atoms with Gasteiger partial charge in [-0.3, -0.25) is 4.79 Å². The molecule has 4 nitrogen and oxygen atoms in total. The Labute approximate surface area is 124 Å². The van der Waals surface area contributed by atoms with Gasteiger partial charge < -0.3 is 5.73 Å². The van der Waals surface area contributed by atoms with E-state index in [9.17, 15) is 4.79 Å². The van der Waals surface area contributed by atoms with Gasteiger partial charge in [-0.05, 0) is 5.56 Å². The van der Waals surface area contributed by atoms with E-state index in [2.05, 4.69) is 27.5 Å². The number of nitrogens with zero attached hydrogens (tertiary/aromatic N) is 2. The SMILES string of the molecule is NC(=O)CSc1ncnc2scc(-c3ccccc3)c12. The highest BCUT2D eigenvalue weighted by Crippen LogP contribution is 2.37. The summed E-state index contributed by atoms with van der Waals surface area (Å²) in [5.74, 6) is -0.130. The van der Waals surface area contributed by atoms with Crippen LogP contribution in [0.5, 0.6) is 0 Å². The number of hydrogen-bond donors (Lipinski definition) is 1. The zero-order chi connectivity index (χ0) is 13.9. The number of carbonyl (C=O) groups is 1. The zero-order valence-corrected chi connectivity index (χ0v) is 12.1. The number of fused-ring (bicyclic) bond motifs is 1. The van der Waals surface area contributed by atoms with Crippen LogP contribution in [-0.2, 0) is 4.79 Å². The minimum absolute atomic E-state index is 0.218. The molecule has 0 atom stereocenters. The molecule has 0 saturated heterocycles. The first kappa shape index (κ1) is 13.1. The molecule has 6 heteroatoms. The maximum atomic E-state index is 11.0. The molecule has 2 N–H and O–H groups in total. The quantitative estimate of drug-likeness (QED) is 0.594. The first-order valence-electron chi connectivity index (χ1n) is 5.94. The number of carbonyl (C=O) groups excluding carboxylic acids is 1. The van der Waals surface area contributed by atoms with Crippen LogP contribution in [0.25, 0.3) is 21.3 Å². The van der Waals surface area contributed by atoms with Gasteiger partial charge >= 0.3 is 0 Å². The molecular formula is C14H11N3OS2. The van der Waals surface area contributed by atoms with Crippen molar-refractivity contribution in [1.29, 1.82) is 0 Å². The van der Waals surface area contributed by atoms with E-state index in [1.807, 2.05) is 18.2 Å². The van der Waals surface area contributed by atoms with Crippen molar-refractivity contribution in [2.45, 2.75) is 5.03 Å². The number of rotatable bonds is 4. The Morgan fingerprint density at radius 3 is 2.80 bits per heavy atom. The topological polar surface area (TPSA) is 68.9 Å². The van der Waals surface area contributed by atoms with E-state index in [4.69, 9.17) is 5.73 Å². The Morgan fingerprint density at radius 1 is 1.25 bits per heavy atom. The van der Waals surface area contributed by atoms with Crippen molar-refractivity contribution >= 4 is 39.2 Å². The molecule has 2 heterocycles. The fourth-order valence-electron chi connectivity index (χ4n) is 1.93. The molecular weight excluding hydrogens is 290 g/mol. The fraction of sp³-hybridized carbons (Fsp3) is 0.0714. The molecule has 100 valence electrons. The molecule has 0 aliphatic carbocycles. The van der Waals surface area contributed by atoms with E-state index in [0.717, 1.165) is 26.4 Å². The highest BCUT2D eigenvalue weighted by molar-refractivity contribution is 8.00. The van der Waals surface area contributed by atoms with Gasteiger partial charge in [0.1, 0.15) is 16.2 Å². The Hall–Kier alpha value is -1.92. The zero-order valence-electron chi connectivity index (χ0n) is 10.4. The van der Waals surface area contributed by atoms with E-state index in [0.29, 0.717) is 0 Å². The summed E-state index contributed by atoms with van der Waals surface area (Å²) in [6.07, 6.45) is 1.52. The molecule has 0 bridgehead atoms. The molecule has 0 spiro atoms. The predicted molar refractivity (Wildman–Crippen MR) is 82.8 cm³/mol. The van der Waals surface area contributed by atoms with Gasteiger partial charge in [0.15, 0.2) is 0 Å². The van der Waals surface area contributed by atoms with Crippen LogP contribution in [0.1, 0.15) is 0 Å². The lowest BCUT2D eigenvalue weighted by Gasteiger charge is -2.04. The number of amides is 1. The molecule has 0 fully saturated rings. The third-order valence-electron chi connectivity index (χ3n) is 2.77. The molecule has 3 rings (SSSR count). The second-order valence-corrected chi connectivity index (χ2v) is 5.95. The van der Waals surface area contributed by atoms with Crippen LogP contribution in [0.4, 0.5) is 0 Å². The Kier molecular flexibility index (Phi) is 3.66. The van der Waals surface area contributed by atoms with Crippen LogP contribution >= 0.6 is 23.1 Å². The highest BCUT2D eigenvalue weighted by Gasteiger charge is 2.13. The lowest BCUT2D eigenvalue weighted by Crippen LogP contribution is -2.13. The number of benzene rings is 1. The molecule has 20 heavy (non-hydrogen) atoms. The lowest BCUT2D eigenvalue weighted by molar-refractivity contribution is -0.115. The van der Waals surface area contributed by atoms with Crippen molar-refractivity contribution in [3.05, 3.63) is 42.0 Å². The summed E-state index contributed by atoms with van der Waals surface area (Å²) in [6, 6.07) is 10.1. The molecule has 0 radical (unpaired) electrons. The average molecular weight is 301 g/mol. The van der Waals surface area contributed by atoms with Gasteiger partial charge in [0.05, 0.1) is 11.1 Å². The van der Waals surface area contributed by atoms with E-state index >= 15 is 0 Å². The van der Waals surface area contributed by atoms with Crippen LogP contribution in [0.15, 0.2) is 47.1 Å². The number of nitrogens with two attached hydrogens (primary N) is 1. The van der Waals surface area contributed by atoms with Gasteiger partial charge in [-0.25, -0.2) is 9.97 Å². The molecule has 2 aromatic heterocycles. The number of thiophene rings is 1. The third kappa shape index (κ3) is 2.52. The van der Waals surface area contributed by atoms with Crippen LogP contribution in [-0.4, -0.2) is 21.6 Å². The van der Waals surface area contributed by atoms with Crippen molar-refractivity contribution in [3.63, 3.8) is 0 Å². The van der Waals surface area contributed by atoms with Gasteiger partial charge in [-0.15, -0.1) is 11.3 Å². The molecule has 0 saturated carbocycles. The first-order valence-corrected chi connectivity index (χ1v) is 7.81. The minimum Gasteiger partial charge on any atom is -0.369 e. The smallest absolute Gasteiger partial charge is 0.227 e. The van der Waals surface area contributed by atoms with Crippen LogP contribution < -0.4 is 5.73 Å². The highest BCUT2D eigenvalue weighted by atomic mass is 32.2. The second kappa shape index (κ2) is 5.60. The summed E-state index contributed by atoms with van der Waals surface area (Å²) in [5.41, 5.74) is 7.42. The Morgan fingerprint density at radius 2 is 2.05 bits per heavy atom. The van der Waals surface area contributed by atoms with Gasteiger partial charge in [0.25, 0.3) is 0 Å². The summed E-state index contributed by atoms with van der Waals surface area (Å²) in [4.78, 5) is 20.5. The van der Waals surface area contributed by atoms with Crippen LogP contribution in [0.3, 0.4) is 0 Å². The standard InChI is InChI=1S/C14H11N3OS2/c15-11(18)7-20-14-12-10(9-4-2-1-3-5-9)6-19-13(12)16-8-17-14/h1-6,8H,7H2,(H2,15,18). The van der Waals surface area contributed by atoms with E-state index < -0.39 is 0 Å². The molecule has 1 amide bonds. The first-order chi connectivity index (χ1) is 9.75. The van der Waals surface area contributed by atoms with Gasteiger partial charge in [0, 0.05) is 10.9 Å². The minimum atomic E-state index is -0.349. The molecule has 0 aliphatic heterocycles. The van der Waals surface area contributed by atoms with Crippen molar-refractivity contribution < 1.29 is 4.79 Å². The van der Waals surface area contributed by atoms with E-state index in [1.54, 1.807) is 11.3 Å². The lowest BCUT2D eigenvalue weighted by atomic mass is 10.1. The van der Waals surface area contributed by atoms with Crippen molar-refractivity contribution in [3.8, 4) is 11.1 Å². The summed E-state index contributed by atoms with van der Waals surface area (Å²) >= 11 is 2.93. The molecule has 0 aliphatic rings. The predicted octanol–water partition coefficient (Wildman–Crippen LogP) is 2.94. The second-order valence-electron chi connectivity index (χ2n) is 4.13. The summed E-state index contributed by atoms with van der Waals surface area (Å²) in [6.45, 7) is 0. The van der Waals surface area contributed by atoms with Gasteiger partial charge in [-0.2, -0.15) is 0 Å². The maximum absolute atomic E-state index is 11.0. The molecule has 3 aromatic rings. The van der Waals surface area contributed by atoms with Crippen LogP contribution in [0, 0.1) is 0 Å². The normalized spacial score (nSPS) is 10.8. The van der Waals surface area contributed by atoms with E-state index in [1.165, 1.54) is 18.1 Å². The average Bonchev–Trinajstić information content (AvgIpc) is 2.90. The Balaban J connectivity index is 2.12. The number of hydrogen-bond acceptors (Lipinski definition) is 5. The summed E-state index contributed by atoms with van der Waals surface area (Å²) in [7, 11) is 0. The maximum Gasteiger partial charge on any atom is 0.227 e. The van der Waals surface area contributed by atoms with Crippen molar-refractivity contribution in [2.75, 3.05) is 5.75 Å². The van der Waals surface area contributed by atoms with E-state index in [-0.39, 0.29) is 11.7 Å². The van der Waals surface area contributed by atoms with Crippen molar-refractivity contribution in [2.24, 2.45) is 5.73 Å². The molecule has 1 aromatic carbocycles. The van der Waals surface area contributed by atoms with Gasteiger partial charge in [-0.1, -0.05) is 42.1 Å². The van der Waals surface area contributed by atoms with Crippen molar-refractivity contribution in [1.82, 2.24) is 9.97 Å². The molecule has 0 unspecified atom stereocenters. The number of thioether (sulfide) groups is 1. The van der Waals surface area contributed by atoms with Gasteiger partial charge in [0.2, 0.25) is 5.91 Å². The summed E-state index contributed by atoms with van der Waals surface area (Å²) < 4.78 is 0. The largest absolute Gasteiger partial charge is 0.369 e. The number of primary amides is 1. The summed E-state index contributed by atoms with van der Waals surface area (Å²) in [5, 5.41) is 3.87. The van der Waals surface area contributed by atoms with Crippen LogP contribution in [0.2, 0.25) is 0 Å². The monoisotopic (exact) mass is 301 g/mol. The number of aromatic nitrogens is 2. The fourth-order valence-corrected chi connectivity index (χ4v) is 3.66. The third-order valence-corrected chi connectivity index (χ3v) is 4.67. The Bertz CT molecular complexity index is 755.